The van der Waals surface area contributed by atoms with Crippen molar-refractivity contribution in [3.63, 3.8) is 0 Å². The maximum absolute atomic E-state index is 12.6. The Balaban J connectivity index is 1.70. The molecule has 0 spiro atoms. The van der Waals surface area contributed by atoms with Gasteiger partial charge in [0.1, 0.15) is 11.5 Å². The van der Waals surface area contributed by atoms with Gasteiger partial charge in [-0.1, -0.05) is 29.8 Å². The van der Waals surface area contributed by atoms with Crippen LogP contribution in [0.3, 0.4) is 0 Å². The van der Waals surface area contributed by atoms with E-state index in [1.807, 2.05) is 32.0 Å². The molecular weight excluding hydrogens is 412 g/mol. The smallest absolute Gasteiger partial charge is 0.234 e. The van der Waals surface area contributed by atoms with Crippen molar-refractivity contribution in [3.05, 3.63) is 47.5 Å². The van der Waals surface area contributed by atoms with Crippen molar-refractivity contribution in [3.8, 4) is 11.5 Å². The number of ether oxygens (including phenoxy) is 3. The molecule has 1 N–H and O–H groups in total. The fraction of sp³-hybridized carbons (Fsp3) is 0.458. The van der Waals surface area contributed by atoms with E-state index < -0.39 is 0 Å². The zero-order valence-corrected chi connectivity index (χ0v) is 19.4. The average molecular weight is 445 g/mol. The molecule has 0 atom stereocenters. The molecule has 31 heavy (non-hydrogen) atoms. The van der Waals surface area contributed by atoms with Crippen LogP contribution >= 0.6 is 11.8 Å². The number of carbonyl (C=O) groups is 1. The van der Waals surface area contributed by atoms with E-state index in [-0.39, 0.29) is 5.91 Å². The molecule has 1 amide bonds. The fourth-order valence-corrected chi connectivity index (χ4v) is 4.27. The highest BCUT2D eigenvalue weighted by Crippen LogP contribution is 2.39. The predicted octanol–water partition coefficient (Wildman–Crippen LogP) is 4.50. The molecule has 1 fully saturated rings. The summed E-state index contributed by atoms with van der Waals surface area (Å²) in [7, 11) is 0. The molecule has 0 unspecified atom stereocenters. The molecule has 0 bridgehead atoms. The second-order valence-corrected chi connectivity index (χ2v) is 8.30. The molecular formula is C24H32N2O4S. The molecule has 168 valence electrons. The lowest BCUT2D eigenvalue weighted by Crippen LogP contribution is -2.36. The summed E-state index contributed by atoms with van der Waals surface area (Å²) in [6.07, 6.45) is 0. The lowest BCUT2D eigenvalue weighted by atomic mass is 10.2. The van der Waals surface area contributed by atoms with Gasteiger partial charge in [0, 0.05) is 31.0 Å². The Morgan fingerprint density at radius 1 is 1.10 bits per heavy atom. The third-order valence-electron chi connectivity index (χ3n) is 4.87. The number of benzene rings is 2. The number of nitrogens with zero attached hydrogens (tertiary/aromatic N) is 1. The summed E-state index contributed by atoms with van der Waals surface area (Å²) < 4.78 is 17.2. The Morgan fingerprint density at radius 3 is 2.55 bits per heavy atom. The van der Waals surface area contributed by atoms with Gasteiger partial charge in [0.05, 0.1) is 43.6 Å². The van der Waals surface area contributed by atoms with Gasteiger partial charge in [0.2, 0.25) is 5.91 Å². The van der Waals surface area contributed by atoms with E-state index in [0.717, 1.165) is 30.3 Å². The third-order valence-corrected chi connectivity index (χ3v) is 5.87. The van der Waals surface area contributed by atoms with E-state index in [2.05, 4.69) is 35.3 Å². The summed E-state index contributed by atoms with van der Waals surface area (Å²) in [5.41, 5.74) is 4.07. The zero-order chi connectivity index (χ0) is 22.1. The summed E-state index contributed by atoms with van der Waals surface area (Å²) in [6.45, 7) is 10.0. The second-order valence-electron chi connectivity index (χ2n) is 7.31. The van der Waals surface area contributed by atoms with E-state index in [4.69, 9.17) is 14.2 Å². The summed E-state index contributed by atoms with van der Waals surface area (Å²) in [5, 5.41) is 3.01. The molecule has 6 nitrogen and oxygen atoms in total. The SMILES string of the molecule is CCOc1cc(N2CCOCC2)c(OCC)cc1NC(=O)CSCc1cccc(C)c1. The number of thioether (sulfide) groups is 1. The first-order valence-electron chi connectivity index (χ1n) is 10.8. The van der Waals surface area contributed by atoms with Crippen molar-refractivity contribution in [2.24, 2.45) is 0 Å². The summed E-state index contributed by atoms with van der Waals surface area (Å²) in [4.78, 5) is 14.9. The monoisotopic (exact) mass is 444 g/mol. The average Bonchev–Trinajstić information content (AvgIpc) is 2.76. The summed E-state index contributed by atoms with van der Waals surface area (Å²) in [6, 6.07) is 12.2. The highest BCUT2D eigenvalue weighted by molar-refractivity contribution is 7.99. The van der Waals surface area contributed by atoms with Gasteiger partial charge in [-0.05, 0) is 26.3 Å². The quantitative estimate of drug-likeness (QED) is 0.582. The third kappa shape index (κ3) is 6.80. The first kappa shape index (κ1) is 23.3. The lowest BCUT2D eigenvalue weighted by molar-refractivity contribution is -0.113. The lowest BCUT2D eigenvalue weighted by Gasteiger charge is -2.31. The van der Waals surface area contributed by atoms with Crippen LogP contribution in [0.2, 0.25) is 0 Å². The van der Waals surface area contributed by atoms with E-state index in [1.54, 1.807) is 11.8 Å². The molecule has 0 aliphatic carbocycles. The Morgan fingerprint density at radius 2 is 1.84 bits per heavy atom. The van der Waals surface area contributed by atoms with Crippen LogP contribution in [-0.2, 0) is 15.3 Å². The van der Waals surface area contributed by atoms with Crippen molar-refractivity contribution in [2.75, 3.05) is 55.5 Å². The van der Waals surface area contributed by atoms with Crippen molar-refractivity contribution < 1.29 is 19.0 Å². The number of hydrogen-bond acceptors (Lipinski definition) is 6. The van der Waals surface area contributed by atoms with Gasteiger partial charge in [-0.25, -0.2) is 0 Å². The molecule has 1 aliphatic rings. The number of aryl methyl sites for hydroxylation is 1. The number of rotatable bonds is 10. The topological polar surface area (TPSA) is 60.0 Å². The highest BCUT2D eigenvalue weighted by Gasteiger charge is 2.20. The van der Waals surface area contributed by atoms with Gasteiger partial charge in [0.25, 0.3) is 0 Å². The first-order chi connectivity index (χ1) is 15.1. The normalized spacial score (nSPS) is 13.7. The van der Waals surface area contributed by atoms with Crippen molar-refractivity contribution in [2.45, 2.75) is 26.5 Å². The molecule has 0 aromatic heterocycles. The van der Waals surface area contributed by atoms with E-state index in [9.17, 15) is 4.79 Å². The second kappa shape index (κ2) is 11.9. The van der Waals surface area contributed by atoms with Gasteiger partial charge in [-0.2, -0.15) is 0 Å². The highest BCUT2D eigenvalue weighted by atomic mass is 32.2. The van der Waals surface area contributed by atoms with Gasteiger partial charge >= 0.3 is 0 Å². The van der Waals surface area contributed by atoms with E-state index >= 15 is 0 Å². The van der Waals surface area contributed by atoms with Crippen molar-refractivity contribution in [1.29, 1.82) is 0 Å². The maximum atomic E-state index is 12.6. The van der Waals surface area contributed by atoms with E-state index in [0.29, 0.717) is 43.6 Å². The Kier molecular flexibility index (Phi) is 8.91. The summed E-state index contributed by atoms with van der Waals surface area (Å²) in [5.74, 6) is 2.52. The van der Waals surface area contributed by atoms with Crippen LogP contribution in [-0.4, -0.2) is 51.2 Å². The van der Waals surface area contributed by atoms with E-state index in [1.165, 1.54) is 11.1 Å². The fourth-order valence-electron chi connectivity index (χ4n) is 3.49. The van der Waals surface area contributed by atoms with Crippen LogP contribution < -0.4 is 19.7 Å². The van der Waals surface area contributed by atoms with Gasteiger partial charge in [-0.15, -0.1) is 11.8 Å². The number of morpholine rings is 1. The van der Waals surface area contributed by atoms with Crippen LogP contribution in [0, 0.1) is 6.92 Å². The minimum atomic E-state index is -0.0554. The Bertz CT molecular complexity index is 869. The van der Waals surface area contributed by atoms with Gasteiger partial charge in [0.15, 0.2) is 0 Å². The minimum absolute atomic E-state index is 0.0554. The molecule has 2 aromatic rings. The molecule has 1 saturated heterocycles. The standard InChI is InChI=1S/C24H32N2O4S/c1-4-29-22-15-21(26-9-11-28-12-10-26)23(30-5-2)14-20(22)25-24(27)17-31-16-19-8-6-7-18(3)13-19/h6-8,13-15H,4-5,9-12,16-17H2,1-3H3,(H,25,27). The van der Waals surface area contributed by atoms with Crippen LogP contribution in [0.25, 0.3) is 0 Å². The molecule has 0 saturated carbocycles. The number of nitrogens with one attached hydrogen (secondary N) is 1. The Labute approximate surface area is 189 Å². The minimum Gasteiger partial charge on any atom is -0.492 e. The molecule has 1 heterocycles. The van der Waals surface area contributed by atoms with Gasteiger partial charge in [-0.3, -0.25) is 4.79 Å². The van der Waals surface area contributed by atoms with Crippen LogP contribution in [0.15, 0.2) is 36.4 Å². The molecule has 3 rings (SSSR count). The first-order valence-corrected chi connectivity index (χ1v) is 12.0. The van der Waals surface area contributed by atoms with Crippen LogP contribution in [0.1, 0.15) is 25.0 Å². The van der Waals surface area contributed by atoms with Crippen LogP contribution in [0.4, 0.5) is 11.4 Å². The molecule has 0 radical (unpaired) electrons. The summed E-state index contributed by atoms with van der Waals surface area (Å²) >= 11 is 1.60. The number of amides is 1. The van der Waals surface area contributed by atoms with Crippen molar-refractivity contribution in [1.82, 2.24) is 0 Å². The van der Waals surface area contributed by atoms with Crippen molar-refractivity contribution >= 4 is 29.0 Å². The number of hydrogen-bond donors (Lipinski definition) is 1. The number of carbonyl (C=O) groups excluding carboxylic acids is 1. The predicted molar refractivity (Wildman–Crippen MR) is 128 cm³/mol. The molecule has 2 aromatic carbocycles. The van der Waals surface area contributed by atoms with Gasteiger partial charge < -0.3 is 24.4 Å². The zero-order valence-electron chi connectivity index (χ0n) is 18.6. The maximum Gasteiger partial charge on any atom is 0.234 e. The largest absolute Gasteiger partial charge is 0.492 e. The molecule has 1 aliphatic heterocycles. The Hall–Kier alpha value is -2.38. The number of anilines is 2. The molecule has 7 heteroatoms. The van der Waals surface area contributed by atoms with Crippen LogP contribution in [0.5, 0.6) is 11.5 Å².